The van der Waals surface area contributed by atoms with Crippen molar-refractivity contribution in [2.24, 2.45) is 5.73 Å². The van der Waals surface area contributed by atoms with Crippen molar-refractivity contribution >= 4 is 5.97 Å². The Morgan fingerprint density at radius 1 is 1.73 bits per heavy atom. The third kappa shape index (κ3) is 4.75. The third-order valence-electron chi connectivity index (χ3n) is 1.43. The van der Waals surface area contributed by atoms with Crippen LogP contribution >= 0.6 is 0 Å². The Morgan fingerprint density at radius 2 is 2.27 bits per heavy atom. The molecule has 0 saturated heterocycles. The van der Waals surface area contributed by atoms with E-state index in [0.29, 0.717) is 0 Å². The lowest BCUT2D eigenvalue weighted by Gasteiger charge is -2.15. The number of hydrogen-bond acceptors (Lipinski definition) is 3. The van der Waals surface area contributed by atoms with Crippen LogP contribution in [0.15, 0.2) is 0 Å². The maximum atomic E-state index is 10.3. The zero-order valence-electron chi connectivity index (χ0n) is 7.00. The van der Waals surface area contributed by atoms with Crippen molar-refractivity contribution in [1.82, 2.24) is 5.32 Å². The van der Waals surface area contributed by atoms with E-state index in [0.717, 1.165) is 12.8 Å². The fourth-order valence-corrected chi connectivity index (χ4v) is 0.787. The summed E-state index contributed by atoms with van der Waals surface area (Å²) in [5.74, 6) is -0.864. The van der Waals surface area contributed by atoms with Gasteiger partial charge in [-0.15, -0.1) is 0 Å². The SMILES string of the molecule is CCCC(N)NC(C)C(=O)O. The summed E-state index contributed by atoms with van der Waals surface area (Å²) in [6.07, 6.45) is 1.56. The second-order valence-corrected chi connectivity index (χ2v) is 2.62. The average Bonchev–Trinajstić information content (AvgIpc) is 1.87. The van der Waals surface area contributed by atoms with E-state index in [2.05, 4.69) is 5.32 Å². The lowest BCUT2D eigenvalue weighted by Crippen LogP contribution is -2.46. The van der Waals surface area contributed by atoms with Gasteiger partial charge in [-0.3, -0.25) is 10.1 Å². The lowest BCUT2D eigenvalue weighted by atomic mass is 10.2. The first-order chi connectivity index (χ1) is 5.07. The number of hydrogen-bond donors (Lipinski definition) is 3. The van der Waals surface area contributed by atoms with E-state index in [1.54, 1.807) is 6.92 Å². The smallest absolute Gasteiger partial charge is 0.320 e. The van der Waals surface area contributed by atoms with Gasteiger partial charge in [0.15, 0.2) is 0 Å². The summed E-state index contributed by atoms with van der Waals surface area (Å²) >= 11 is 0. The third-order valence-corrected chi connectivity index (χ3v) is 1.43. The fraction of sp³-hybridized carbons (Fsp3) is 0.857. The van der Waals surface area contributed by atoms with Crippen LogP contribution < -0.4 is 11.1 Å². The van der Waals surface area contributed by atoms with Crippen LogP contribution in [0.3, 0.4) is 0 Å². The molecule has 0 heterocycles. The zero-order valence-corrected chi connectivity index (χ0v) is 7.00. The highest BCUT2D eigenvalue weighted by atomic mass is 16.4. The molecule has 0 aliphatic heterocycles. The molecule has 0 amide bonds. The number of nitrogens with two attached hydrogens (primary N) is 1. The van der Waals surface area contributed by atoms with E-state index < -0.39 is 12.0 Å². The van der Waals surface area contributed by atoms with Crippen LogP contribution in [0.1, 0.15) is 26.7 Å². The molecule has 4 nitrogen and oxygen atoms in total. The highest BCUT2D eigenvalue weighted by molar-refractivity contribution is 5.72. The Kier molecular flexibility index (Phi) is 4.81. The van der Waals surface area contributed by atoms with Crippen molar-refractivity contribution in [3.63, 3.8) is 0 Å². The Bertz CT molecular complexity index is 128. The molecule has 0 bridgehead atoms. The van der Waals surface area contributed by atoms with Crippen molar-refractivity contribution in [3.05, 3.63) is 0 Å². The number of nitrogens with one attached hydrogen (secondary N) is 1. The molecule has 0 aromatic heterocycles. The summed E-state index contributed by atoms with van der Waals surface area (Å²) in [6.45, 7) is 3.59. The molecule has 0 aromatic carbocycles. The van der Waals surface area contributed by atoms with Gasteiger partial charge in [-0.25, -0.2) is 0 Å². The fourth-order valence-electron chi connectivity index (χ4n) is 0.787. The number of carboxylic acids is 1. The molecular weight excluding hydrogens is 144 g/mol. The number of rotatable bonds is 5. The van der Waals surface area contributed by atoms with Gasteiger partial charge in [0.2, 0.25) is 0 Å². The Morgan fingerprint density at radius 3 is 2.64 bits per heavy atom. The van der Waals surface area contributed by atoms with Crippen LogP contribution in [0.4, 0.5) is 0 Å². The highest BCUT2D eigenvalue weighted by Gasteiger charge is 2.12. The van der Waals surface area contributed by atoms with Crippen molar-refractivity contribution in [3.8, 4) is 0 Å². The van der Waals surface area contributed by atoms with Crippen molar-refractivity contribution in [2.45, 2.75) is 38.9 Å². The monoisotopic (exact) mass is 160 g/mol. The van der Waals surface area contributed by atoms with Crippen molar-refractivity contribution in [2.75, 3.05) is 0 Å². The molecule has 4 N–H and O–H groups in total. The molecular formula is C7H16N2O2. The average molecular weight is 160 g/mol. The van der Waals surface area contributed by atoms with E-state index in [9.17, 15) is 4.79 Å². The molecule has 0 aliphatic rings. The van der Waals surface area contributed by atoms with Crippen LogP contribution in [0.25, 0.3) is 0 Å². The summed E-state index contributed by atoms with van der Waals surface area (Å²) in [5.41, 5.74) is 5.55. The standard InChI is InChI=1S/C7H16N2O2/c1-3-4-6(8)9-5(2)7(10)11/h5-6,9H,3-4,8H2,1-2H3,(H,10,11). The van der Waals surface area contributed by atoms with Gasteiger partial charge < -0.3 is 10.8 Å². The topological polar surface area (TPSA) is 75.3 Å². The molecule has 4 heteroatoms. The molecule has 0 saturated carbocycles. The first-order valence-corrected chi connectivity index (χ1v) is 3.82. The van der Waals surface area contributed by atoms with E-state index in [4.69, 9.17) is 10.8 Å². The first kappa shape index (κ1) is 10.4. The Hall–Kier alpha value is -0.610. The van der Waals surface area contributed by atoms with Gasteiger partial charge in [-0.2, -0.15) is 0 Å². The summed E-state index contributed by atoms with van der Waals surface area (Å²) < 4.78 is 0. The van der Waals surface area contributed by atoms with Crippen LogP contribution in [0.2, 0.25) is 0 Å². The predicted molar refractivity (Wildman–Crippen MR) is 43.1 cm³/mol. The van der Waals surface area contributed by atoms with Gasteiger partial charge in [-0.1, -0.05) is 13.3 Å². The number of aliphatic carboxylic acids is 1. The Labute approximate surface area is 66.8 Å². The normalized spacial score (nSPS) is 15.9. The quantitative estimate of drug-likeness (QED) is 0.500. The van der Waals surface area contributed by atoms with E-state index >= 15 is 0 Å². The van der Waals surface area contributed by atoms with Crippen LogP contribution in [-0.2, 0) is 4.79 Å². The van der Waals surface area contributed by atoms with Crippen molar-refractivity contribution in [1.29, 1.82) is 0 Å². The maximum absolute atomic E-state index is 10.3. The minimum atomic E-state index is -0.864. The van der Waals surface area contributed by atoms with Crippen LogP contribution in [0.5, 0.6) is 0 Å². The lowest BCUT2D eigenvalue weighted by molar-refractivity contribution is -0.139. The molecule has 0 aliphatic carbocycles. The van der Waals surface area contributed by atoms with Crippen LogP contribution in [-0.4, -0.2) is 23.3 Å². The molecule has 0 spiro atoms. The van der Waals surface area contributed by atoms with E-state index in [1.165, 1.54) is 0 Å². The highest BCUT2D eigenvalue weighted by Crippen LogP contribution is 1.91. The van der Waals surface area contributed by atoms with Gasteiger partial charge >= 0.3 is 5.97 Å². The summed E-state index contributed by atoms with van der Waals surface area (Å²) in [4.78, 5) is 10.3. The number of carboxylic acid groups (broad SMARTS) is 1. The first-order valence-electron chi connectivity index (χ1n) is 3.82. The molecule has 11 heavy (non-hydrogen) atoms. The molecule has 2 atom stereocenters. The maximum Gasteiger partial charge on any atom is 0.320 e. The summed E-state index contributed by atoms with van der Waals surface area (Å²) in [7, 11) is 0. The van der Waals surface area contributed by atoms with Gasteiger partial charge in [-0.05, 0) is 13.3 Å². The minimum absolute atomic E-state index is 0.203. The minimum Gasteiger partial charge on any atom is -0.480 e. The van der Waals surface area contributed by atoms with E-state index in [-0.39, 0.29) is 6.17 Å². The second-order valence-electron chi connectivity index (χ2n) is 2.62. The Balaban J connectivity index is 3.56. The summed E-state index contributed by atoms with van der Waals surface area (Å²) in [6, 6.07) is -0.559. The summed E-state index contributed by atoms with van der Waals surface area (Å²) in [5, 5.41) is 11.2. The molecule has 2 unspecified atom stereocenters. The van der Waals surface area contributed by atoms with Crippen molar-refractivity contribution < 1.29 is 9.90 Å². The van der Waals surface area contributed by atoms with Gasteiger partial charge in [0, 0.05) is 0 Å². The second kappa shape index (κ2) is 5.09. The van der Waals surface area contributed by atoms with E-state index in [1.807, 2.05) is 6.92 Å². The molecule has 0 rings (SSSR count). The van der Waals surface area contributed by atoms with Gasteiger partial charge in [0.1, 0.15) is 6.04 Å². The van der Waals surface area contributed by atoms with Gasteiger partial charge in [0.25, 0.3) is 0 Å². The largest absolute Gasteiger partial charge is 0.480 e. The molecule has 0 fully saturated rings. The predicted octanol–water partition coefficient (Wildman–Crippen LogP) is 0.134. The zero-order chi connectivity index (χ0) is 8.85. The molecule has 66 valence electrons. The molecule has 0 radical (unpaired) electrons. The van der Waals surface area contributed by atoms with Crippen LogP contribution in [0, 0.1) is 0 Å². The molecule has 0 aromatic rings. The van der Waals surface area contributed by atoms with Gasteiger partial charge in [0.05, 0.1) is 6.17 Å². The number of carbonyl (C=O) groups is 1.